The van der Waals surface area contributed by atoms with Crippen LogP contribution < -0.4 is 5.73 Å². The molecule has 2 rings (SSSR count). The normalized spacial score (nSPS) is 12.1. The second-order valence-corrected chi connectivity index (χ2v) is 3.99. The Labute approximate surface area is 101 Å². The summed E-state index contributed by atoms with van der Waals surface area (Å²) in [7, 11) is 0. The van der Waals surface area contributed by atoms with Crippen LogP contribution in [0.5, 0.6) is 0 Å². The molecule has 1 atom stereocenters. The topological polar surface area (TPSA) is 43.1 Å². The van der Waals surface area contributed by atoms with Gasteiger partial charge in [-0.15, -0.1) is 0 Å². The van der Waals surface area contributed by atoms with E-state index in [0.717, 1.165) is 11.1 Å². The Morgan fingerprint density at radius 3 is 2.12 bits per heavy atom. The average molecular weight is 224 g/mol. The lowest BCUT2D eigenvalue weighted by Crippen LogP contribution is -2.23. The Kier molecular flexibility index (Phi) is 3.68. The molecule has 0 aliphatic carbocycles. The van der Waals surface area contributed by atoms with Gasteiger partial charge in [-0.2, -0.15) is 0 Å². The van der Waals surface area contributed by atoms with Gasteiger partial charge in [-0.1, -0.05) is 54.6 Å². The molecule has 2 aromatic carbocycles. The number of rotatable bonds is 4. The van der Waals surface area contributed by atoms with Crippen molar-refractivity contribution in [2.45, 2.75) is 12.5 Å². The van der Waals surface area contributed by atoms with E-state index in [1.807, 2.05) is 42.5 Å². The second kappa shape index (κ2) is 5.41. The van der Waals surface area contributed by atoms with Crippen molar-refractivity contribution in [3.63, 3.8) is 0 Å². The van der Waals surface area contributed by atoms with E-state index in [1.54, 1.807) is 6.29 Å². The Morgan fingerprint density at radius 1 is 0.941 bits per heavy atom. The average Bonchev–Trinajstić information content (AvgIpc) is 2.40. The summed E-state index contributed by atoms with van der Waals surface area (Å²) in [4.78, 5) is 10.3. The van der Waals surface area contributed by atoms with Crippen molar-refractivity contribution in [3.05, 3.63) is 60.2 Å². The maximum atomic E-state index is 10.3. The molecule has 1 unspecified atom stereocenters. The minimum Gasteiger partial charge on any atom is -0.321 e. The first-order chi connectivity index (χ1) is 8.29. The van der Waals surface area contributed by atoms with E-state index in [0.29, 0.717) is 6.42 Å². The van der Waals surface area contributed by atoms with E-state index in [4.69, 9.17) is 5.73 Å². The number of benzene rings is 2. The number of hydrogen-bond acceptors (Lipinski definition) is 2. The second-order valence-electron chi connectivity index (χ2n) is 3.99. The molecular weight excluding hydrogens is 210 g/mol. The lowest BCUT2D eigenvalue weighted by Gasteiger charge is -2.05. The minimum absolute atomic E-state index is 0.530. The molecule has 0 aromatic heterocycles. The summed E-state index contributed by atoms with van der Waals surface area (Å²) in [6.07, 6.45) is 2.33. The minimum atomic E-state index is -0.530. The Hall–Kier alpha value is -1.93. The van der Waals surface area contributed by atoms with Crippen LogP contribution in [0.2, 0.25) is 0 Å². The molecule has 17 heavy (non-hydrogen) atoms. The third-order valence-corrected chi connectivity index (χ3v) is 2.67. The highest BCUT2D eigenvalue weighted by molar-refractivity contribution is 5.64. The van der Waals surface area contributed by atoms with E-state index in [-0.39, 0.29) is 0 Å². The maximum absolute atomic E-state index is 10.3. The van der Waals surface area contributed by atoms with Crippen LogP contribution in [-0.2, 0) is 11.2 Å². The molecule has 0 bridgehead atoms. The van der Waals surface area contributed by atoms with Crippen LogP contribution in [0.25, 0.3) is 11.1 Å². The number of nitrogens with two attached hydrogens (primary N) is 1. The highest BCUT2D eigenvalue weighted by Gasteiger charge is 2.03. The van der Waals surface area contributed by atoms with Gasteiger partial charge in [-0.25, -0.2) is 0 Å². The summed E-state index contributed by atoms with van der Waals surface area (Å²) in [5, 5.41) is 0. The van der Waals surface area contributed by atoms with Gasteiger partial charge < -0.3 is 5.73 Å². The van der Waals surface area contributed by atoms with Crippen molar-refractivity contribution in [1.82, 2.24) is 0 Å². The predicted molar refractivity (Wildman–Crippen MR) is 69.3 cm³/mol. The molecule has 0 saturated heterocycles. The highest BCUT2D eigenvalue weighted by atomic mass is 16.1. The quantitative estimate of drug-likeness (QED) is 0.866. The van der Waals surface area contributed by atoms with Crippen molar-refractivity contribution in [1.29, 1.82) is 0 Å². The fourth-order valence-corrected chi connectivity index (χ4v) is 1.76. The molecule has 1 radical (unpaired) electrons. The van der Waals surface area contributed by atoms with Crippen LogP contribution in [-0.4, -0.2) is 12.3 Å². The molecule has 2 aromatic rings. The molecule has 2 N–H and O–H groups in total. The van der Waals surface area contributed by atoms with Gasteiger partial charge in [-0.3, -0.25) is 4.79 Å². The van der Waals surface area contributed by atoms with Gasteiger partial charge in [0.15, 0.2) is 0 Å². The zero-order valence-electron chi connectivity index (χ0n) is 9.47. The summed E-state index contributed by atoms with van der Waals surface area (Å²) in [5.74, 6) is 0. The lowest BCUT2D eigenvalue weighted by molar-refractivity contribution is 0.541. The molecule has 85 valence electrons. The van der Waals surface area contributed by atoms with Gasteiger partial charge >= 0.3 is 0 Å². The molecular formula is C15H14NO. The third kappa shape index (κ3) is 3.02. The van der Waals surface area contributed by atoms with E-state index in [9.17, 15) is 4.79 Å². The largest absolute Gasteiger partial charge is 0.321 e. The lowest BCUT2D eigenvalue weighted by atomic mass is 10.0. The Bertz CT molecular complexity index is 476. The first-order valence-corrected chi connectivity index (χ1v) is 5.57. The highest BCUT2D eigenvalue weighted by Crippen LogP contribution is 2.19. The van der Waals surface area contributed by atoms with Crippen LogP contribution >= 0.6 is 0 Å². The molecule has 0 fully saturated rings. The summed E-state index contributed by atoms with van der Waals surface area (Å²) in [5.41, 5.74) is 8.94. The van der Waals surface area contributed by atoms with Crippen molar-refractivity contribution < 1.29 is 4.79 Å². The van der Waals surface area contributed by atoms with Crippen molar-refractivity contribution in [3.8, 4) is 11.1 Å². The number of carbonyl (C=O) groups excluding carboxylic acids is 1. The molecule has 0 aliphatic rings. The monoisotopic (exact) mass is 224 g/mol. The molecule has 2 heteroatoms. The standard InChI is InChI=1S/C15H14NO/c16-15(11-17)10-12-6-8-14(9-7-12)13-4-2-1-3-5-13/h1-9,15H,10,16H2. The SMILES string of the molecule is NC([C]=O)Cc1ccc(-c2ccccc2)cc1. The van der Waals surface area contributed by atoms with Crippen molar-refractivity contribution >= 4 is 6.29 Å². The molecule has 2 nitrogen and oxygen atoms in total. The molecule has 0 spiro atoms. The van der Waals surface area contributed by atoms with Crippen LogP contribution in [0, 0.1) is 0 Å². The first kappa shape index (κ1) is 11.6. The molecule has 0 saturated carbocycles. The summed E-state index contributed by atoms with van der Waals surface area (Å²) in [6, 6.07) is 17.7. The molecule has 0 amide bonds. The Balaban J connectivity index is 2.16. The van der Waals surface area contributed by atoms with E-state index in [1.165, 1.54) is 5.56 Å². The zero-order chi connectivity index (χ0) is 12.1. The van der Waals surface area contributed by atoms with E-state index < -0.39 is 6.04 Å². The summed E-state index contributed by atoms with van der Waals surface area (Å²) < 4.78 is 0. The fourth-order valence-electron chi connectivity index (χ4n) is 1.76. The predicted octanol–water partition coefficient (Wildman–Crippen LogP) is 2.33. The van der Waals surface area contributed by atoms with Gasteiger partial charge in [0.25, 0.3) is 0 Å². The van der Waals surface area contributed by atoms with Gasteiger partial charge in [0.05, 0.1) is 6.04 Å². The van der Waals surface area contributed by atoms with Gasteiger partial charge in [0.1, 0.15) is 0 Å². The van der Waals surface area contributed by atoms with Gasteiger partial charge in [-0.05, 0) is 23.1 Å². The number of hydrogen-bond donors (Lipinski definition) is 1. The smallest absolute Gasteiger partial charge is 0.217 e. The van der Waals surface area contributed by atoms with Crippen molar-refractivity contribution in [2.75, 3.05) is 0 Å². The summed E-state index contributed by atoms with van der Waals surface area (Å²) >= 11 is 0. The molecule has 0 heterocycles. The maximum Gasteiger partial charge on any atom is 0.217 e. The summed E-state index contributed by atoms with van der Waals surface area (Å²) in [6.45, 7) is 0. The first-order valence-electron chi connectivity index (χ1n) is 5.57. The molecule has 0 aliphatic heterocycles. The van der Waals surface area contributed by atoms with Crippen molar-refractivity contribution in [2.24, 2.45) is 5.73 Å². The zero-order valence-corrected chi connectivity index (χ0v) is 9.47. The Morgan fingerprint density at radius 2 is 1.53 bits per heavy atom. The van der Waals surface area contributed by atoms with Crippen LogP contribution in [0.1, 0.15) is 5.56 Å². The fraction of sp³-hybridized carbons (Fsp3) is 0.133. The van der Waals surface area contributed by atoms with Crippen LogP contribution in [0.4, 0.5) is 0 Å². The third-order valence-electron chi connectivity index (χ3n) is 2.67. The van der Waals surface area contributed by atoms with Gasteiger partial charge in [0.2, 0.25) is 6.29 Å². The van der Waals surface area contributed by atoms with Crippen LogP contribution in [0.15, 0.2) is 54.6 Å². The van der Waals surface area contributed by atoms with Crippen LogP contribution in [0.3, 0.4) is 0 Å². The van der Waals surface area contributed by atoms with E-state index in [2.05, 4.69) is 12.1 Å². The van der Waals surface area contributed by atoms with E-state index >= 15 is 0 Å². The van der Waals surface area contributed by atoms with Gasteiger partial charge in [0, 0.05) is 0 Å².